The van der Waals surface area contributed by atoms with Gasteiger partial charge in [0.2, 0.25) is 5.91 Å². The number of carbonyl (C=O) groups is 1. The zero-order valence-corrected chi connectivity index (χ0v) is 15.0. The van der Waals surface area contributed by atoms with Gasteiger partial charge in [-0.1, -0.05) is 11.3 Å². The van der Waals surface area contributed by atoms with Crippen LogP contribution in [-0.4, -0.2) is 55.6 Å². The monoisotopic (exact) mass is 387 g/mol. The van der Waals surface area contributed by atoms with Crippen LogP contribution in [0.15, 0.2) is 30.6 Å². The standard InChI is InChI=1S/C19H19F2N5O2/c20-16-7-14-15(9-22-18(14)8-17(16)21)12-1-4-25(5-2-12)19(28)11-26-10-13(3-6-27)23-24-26/h1,7-10,22,27H,2-6,11H2. The van der Waals surface area contributed by atoms with E-state index in [1.54, 1.807) is 17.3 Å². The topological polar surface area (TPSA) is 87.0 Å². The van der Waals surface area contributed by atoms with Gasteiger partial charge in [-0.25, -0.2) is 13.5 Å². The third kappa shape index (κ3) is 3.53. The van der Waals surface area contributed by atoms with E-state index >= 15 is 0 Å². The van der Waals surface area contributed by atoms with Gasteiger partial charge in [-0.15, -0.1) is 5.10 Å². The van der Waals surface area contributed by atoms with E-state index in [2.05, 4.69) is 15.3 Å². The summed E-state index contributed by atoms with van der Waals surface area (Å²) < 4.78 is 28.5. The first-order valence-corrected chi connectivity index (χ1v) is 8.98. The quantitative estimate of drug-likeness (QED) is 0.700. The van der Waals surface area contributed by atoms with Gasteiger partial charge < -0.3 is 15.0 Å². The number of nitrogens with zero attached hydrogens (tertiary/aromatic N) is 4. The number of nitrogens with one attached hydrogen (secondary N) is 1. The highest BCUT2D eigenvalue weighted by Crippen LogP contribution is 2.30. The predicted molar refractivity (Wildman–Crippen MR) is 98.2 cm³/mol. The maximum atomic E-state index is 13.6. The van der Waals surface area contributed by atoms with Crippen LogP contribution in [0.2, 0.25) is 0 Å². The molecule has 1 aliphatic rings. The fraction of sp³-hybridized carbons (Fsp3) is 0.316. The average molecular weight is 387 g/mol. The predicted octanol–water partition coefficient (Wildman–Crippen LogP) is 1.89. The lowest BCUT2D eigenvalue weighted by atomic mass is 9.99. The van der Waals surface area contributed by atoms with Gasteiger partial charge in [0.1, 0.15) is 6.54 Å². The van der Waals surface area contributed by atoms with Crippen LogP contribution in [0.25, 0.3) is 16.5 Å². The number of rotatable bonds is 5. The molecule has 0 fully saturated rings. The molecule has 0 saturated heterocycles. The Labute approximate surface area is 159 Å². The molecule has 1 amide bonds. The number of aromatic nitrogens is 4. The van der Waals surface area contributed by atoms with Crippen LogP contribution in [0.1, 0.15) is 17.7 Å². The molecule has 3 heterocycles. The molecule has 4 rings (SSSR count). The van der Waals surface area contributed by atoms with Crippen molar-refractivity contribution < 1.29 is 18.7 Å². The van der Waals surface area contributed by atoms with E-state index in [1.807, 2.05) is 6.08 Å². The minimum absolute atomic E-state index is 0.0171. The molecule has 0 unspecified atom stereocenters. The third-order valence-corrected chi connectivity index (χ3v) is 4.88. The smallest absolute Gasteiger partial charge is 0.244 e. The summed E-state index contributed by atoms with van der Waals surface area (Å²) in [6, 6.07) is 2.35. The SMILES string of the molecule is O=C(Cn1cc(CCO)nn1)N1CC=C(c2c[nH]c3cc(F)c(F)cc23)CC1. The lowest BCUT2D eigenvalue weighted by Crippen LogP contribution is -2.37. The zero-order chi connectivity index (χ0) is 19.7. The van der Waals surface area contributed by atoms with Gasteiger partial charge in [0.05, 0.1) is 5.69 Å². The summed E-state index contributed by atoms with van der Waals surface area (Å²) in [7, 11) is 0. The van der Waals surface area contributed by atoms with Crippen molar-refractivity contribution in [3.8, 4) is 0 Å². The molecule has 2 N–H and O–H groups in total. The fourth-order valence-corrected chi connectivity index (χ4v) is 3.41. The van der Waals surface area contributed by atoms with Gasteiger partial charge in [0.15, 0.2) is 11.6 Å². The molecule has 9 heteroatoms. The Balaban J connectivity index is 1.45. The number of hydrogen-bond donors (Lipinski definition) is 2. The van der Waals surface area contributed by atoms with Crippen LogP contribution in [0.4, 0.5) is 8.78 Å². The average Bonchev–Trinajstić information content (AvgIpc) is 3.29. The van der Waals surface area contributed by atoms with E-state index in [1.165, 1.54) is 10.7 Å². The van der Waals surface area contributed by atoms with Crippen molar-refractivity contribution in [1.29, 1.82) is 0 Å². The molecule has 0 atom stereocenters. The normalized spacial score (nSPS) is 14.5. The lowest BCUT2D eigenvalue weighted by Gasteiger charge is -2.26. The summed E-state index contributed by atoms with van der Waals surface area (Å²) in [5.74, 6) is -1.84. The summed E-state index contributed by atoms with van der Waals surface area (Å²) in [6.45, 7) is 1.03. The van der Waals surface area contributed by atoms with E-state index in [0.717, 1.165) is 17.2 Å². The van der Waals surface area contributed by atoms with Gasteiger partial charge in [0, 0.05) is 61.0 Å². The molecule has 28 heavy (non-hydrogen) atoms. The first-order chi connectivity index (χ1) is 13.5. The lowest BCUT2D eigenvalue weighted by molar-refractivity contribution is -0.131. The molecule has 3 aromatic rings. The van der Waals surface area contributed by atoms with Crippen LogP contribution in [0, 0.1) is 11.6 Å². The number of halogens is 2. The number of carbonyl (C=O) groups excluding carboxylic acids is 1. The van der Waals surface area contributed by atoms with Crippen LogP contribution >= 0.6 is 0 Å². The zero-order valence-electron chi connectivity index (χ0n) is 15.0. The van der Waals surface area contributed by atoms with Crippen LogP contribution in [-0.2, 0) is 17.8 Å². The maximum Gasteiger partial charge on any atom is 0.244 e. The highest BCUT2D eigenvalue weighted by atomic mass is 19.2. The molecule has 0 spiro atoms. The number of aliphatic hydroxyl groups excluding tert-OH is 1. The summed E-state index contributed by atoms with van der Waals surface area (Å²) >= 11 is 0. The number of fused-ring (bicyclic) bond motifs is 1. The van der Waals surface area contributed by atoms with Crippen LogP contribution < -0.4 is 0 Å². The number of hydrogen-bond acceptors (Lipinski definition) is 4. The van der Waals surface area contributed by atoms with Crippen LogP contribution in [0.3, 0.4) is 0 Å². The molecule has 2 aromatic heterocycles. The Morgan fingerprint density at radius 2 is 2.11 bits per heavy atom. The minimum atomic E-state index is -0.884. The first-order valence-electron chi connectivity index (χ1n) is 8.98. The minimum Gasteiger partial charge on any atom is -0.396 e. The van der Waals surface area contributed by atoms with Gasteiger partial charge in [-0.05, 0) is 18.1 Å². The largest absolute Gasteiger partial charge is 0.396 e. The van der Waals surface area contributed by atoms with Crippen molar-refractivity contribution >= 4 is 22.4 Å². The highest BCUT2D eigenvalue weighted by Gasteiger charge is 2.20. The molecular weight excluding hydrogens is 368 g/mol. The van der Waals surface area contributed by atoms with Crippen molar-refractivity contribution in [3.63, 3.8) is 0 Å². The Hall–Kier alpha value is -3.07. The van der Waals surface area contributed by atoms with Crippen molar-refractivity contribution in [1.82, 2.24) is 24.9 Å². The summed E-state index contributed by atoms with van der Waals surface area (Å²) in [4.78, 5) is 17.2. The molecule has 1 aliphatic heterocycles. The van der Waals surface area contributed by atoms with Crippen LogP contribution in [0.5, 0.6) is 0 Å². The first kappa shape index (κ1) is 18.3. The van der Waals surface area contributed by atoms with E-state index in [9.17, 15) is 13.6 Å². The number of benzene rings is 1. The number of H-pyrrole nitrogens is 1. The molecular formula is C19H19F2N5O2. The molecule has 0 saturated carbocycles. The van der Waals surface area contributed by atoms with Crippen molar-refractivity contribution in [3.05, 3.63) is 53.5 Å². The molecule has 0 bridgehead atoms. The van der Waals surface area contributed by atoms with Gasteiger partial charge in [0.25, 0.3) is 0 Å². The Morgan fingerprint density at radius 3 is 2.86 bits per heavy atom. The second kappa shape index (κ2) is 7.51. The number of aromatic amines is 1. The van der Waals surface area contributed by atoms with Crippen molar-refractivity contribution in [2.45, 2.75) is 19.4 Å². The van der Waals surface area contributed by atoms with E-state index in [-0.39, 0.29) is 19.1 Å². The van der Waals surface area contributed by atoms with E-state index in [0.29, 0.717) is 42.5 Å². The summed E-state index contributed by atoms with van der Waals surface area (Å²) in [5.41, 5.74) is 3.00. The summed E-state index contributed by atoms with van der Waals surface area (Å²) in [5, 5.41) is 17.3. The molecule has 146 valence electrons. The Morgan fingerprint density at radius 1 is 1.29 bits per heavy atom. The van der Waals surface area contributed by atoms with Gasteiger partial charge >= 0.3 is 0 Å². The van der Waals surface area contributed by atoms with E-state index < -0.39 is 11.6 Å². The highest BCUT2D eigenvalue weighted by molar-refractivity contribution is 5.93. The van der Waals surface area contributed by atoms with Gasteiger partial charge in [-0.3, -0.25) is 4.79 Å². The van der Waals surface area contributed by atoms with Crippen molar-refractivity contribution in [2.75, 3.05) is 19.7 Å². The second-order valence-electron chi connectivity index (χ2n) is 6.71. The number of aliphatic hydroxyl groups is 1. The molecule has 1 aromatic carbocycles. The second-order valence-corrected chi connectivity index (χ2v) is 6.71. The number of amides is 1. The van der Waals surface area contributed by atoms with Crippen molar-refractivity contribution in [2.24, 2.45) is 0 Å². The molecule has 7 nitrogen and oxygen atoms in total. The maximum absolute atomic E-state index is 13.6. The van der Waals surface area contributed by atoms with E-state index in [4.69, 9.17) is 5.11 Å². The summed E-state index contributed by atoms with van der Waals surface area (Å²) in [6.07, 6.45) is 6.34. The molecule has 0 aliphatic carbocycles. The Bertz CT molecular complexity index is 1060. The Kier molecular flexibility index (Phi) is 4.91. The van der Waals surface area contributed by atoms with Gasteiger partial charge in [-0.2, -0.15) is 0 Å². The molecule has 0 radical (unpaired) electrons. The fourth-order valence-electron chi connectivity index (χ4n) is 3.41. The third-order valence-electron chi connectivity index (χ3n) is 4.88.